The molecule has 0 aromatic rings. The minimum Gasteiger partial charge on any atom is -0.462 e. The number of carbonyl (C=O) groups excluding carboxylic acids is 1. The zero-order valence-electron chi connectivity index (χ0n) is 9.00. The molecule has 1 aliphatic rings. The number of hydrogen-bond donors (Lipinski definition) is 0. The van der Waals surface area contributed by atoms with Gasteiger partial charge in [-0.25, -0.2) is 0 Å². The first kappa shape index (κ1) is 11.3. The third kappa shape index (κ3) is 5.05. The van der Waals surface area contributed by atoms with Gasteiger partial charge in [0.25, 0.3) is 0 Å². The number of carbonyl (C=O) groups is 1. The number of ether oxygens (including phenoxy) is 1. The summed E-state index contributed by atoms with van der Waals surface area (Å²) in [5.41, 5.74) is 0. The second-order valence-corrected chi connectivity index (χ2v) is 3.97. The van der Waals surface area contributed by atoms with E-state index in [-0.39, 0.29) is 12.1 Å². The Kier molecular flexibility index (Phi) is 5.35. The maximum absolute atomic E-state index is 11.2. The number of allylic oxidation sites excluding steroid dienone is 1. The number of hydrogen-bond acceptors (Lipinski definition) is 2. The predicted molar refractivity (Wildman–Crippen MR) is 57.0 cm³/mol. The fraction of sp³-hybridized carbons (Fsp3) is 0.750. The predicted octanol–water partition coefficient (Wildman–Crippen LogP) is 3.22. The molecule has 1 heterocycles. The van der Waals surface area contributed by atoms with Crippen molar-refractivity contribution in [3.8, 4) is 0 Å². The Morgan fingerprint density at radius 1 is 1.21 bits per heavy atom. The molecule has 2 nitrogen and oxygen atoms in total. The highest BCUT2D eigenvalue weighted by Crippen LogP contribution is 2.11. The molecular formula is C12H20O2. The van der Waals surface area contributed by atoms with Crippen molar-refractivity contribution in [2.45, 2.75) is 58.0 Å². The standard InChI is InChI=1S/C12H20O2/c1-11-9-7-5-3-2-4-6-8-10-12(13)14-11/h6,8,11H,2-5,7,9-10H2,1H3/b8-6+. The van der Waals surface area contributed by atoms with Crippen molar-refractivity contribution in [2.24, 2.45) is 0 Å². The van der Waals surface area contributed by atoms with Gasteiger partial charge in [0.05, 0.1) is 12.5 Å². The molecule has 0 bridgehead atoms. The number of rotatable bonds is 0. The summed E-state index contributed by atoms with van der Waals surface area (Å²) in [6.45, 7) is 1.98. The van der Waals surface area contributed by atoms with Gasteiger partial charge in [0, 0.05) is 0 Å². The molecular weight excluding hydrogens is 176 g/mol. The molecule has 0 aromatic carbocycles. The van der Waals surface area contributed by atoms with Crippen LogP contribution in [0.3, 0.4) is 0 Å². The summed E-state index contributed by atoms with van der Waals surface area (Å²) in [4.78, 5) is 11.2. The summed E-state index contributed by atoms with van der Waals surface area (Å²) >= 11 is 0. The van der Waals surface area contributed by atoms with E-state index < -0.39 is 0 Å². The van der Waals surface area contributed by atoms with Crippen LogP contribution in [0.2, 0.25) is 0 Å². The smallest absolute Gasteiger partial charge is 0.309 e. The van der Waals surface area contributed by atoms with Gasteiger partial charge in [-0.05, 0) is 32.6 Å². The number of esters is 1. The lowest BCUT2D eigenvalue weighted by molar-refractivity contribution is -0.147. The molecule has 0 aliphatic carbocycles. The first-order valence-corrected chi connectivity index (χ1v) is 5.63. The highest BCUT2D eigenvalue weighted by Gasteiger charge is 2.07. The van der Waals surface area contributed by atoms with E-state index in [0.29, 0.717) is 6.42 Å². The molecule has 0 saturated heterocycles. The highest BCUT2D eigenvalue weighted by molar-refractivity contribution is 5.71. The maximum Gasteiger partial charge on any atom is 0.309 e. The van der Waals surface area contributed by atoms with E-state index in [0.717, 1.165) is 12.8 Å². The highest BCUT2D eigenvalue weighted by atomic mass is 16.5. The Morgan fingerprint density at radius 3 is 2.86 bits per heavy atom. The van der Waals surface area contributed by atoms with Crippen LogP contribution >= 0.6 is 0 Å². The average Bonchev–Trinajstić information content (AvgIpc) is 2.13. The SMILES string of the molecule is CC1CCCCCC/C=C/CC(=O)O1. The van der Waals surface area contributed by atoms with Gasteiger partial charge in [0.2, 0.25) is 0 Å². The molecule has 0 aromatic heterocycles. The summed E-state index contributed by atoms with van der Waals surface area (Å²) in [5, 5.41) is 0. The Labute approximate surface area is 86.3 Å². The fourth-order valence-electron chi connectivity index (χ4n) is 1.68. The monoisotopic (exact) mass is 196 g/mol. The van der Waals surface area contributed by atoms with E-state index in [1.165, 1.54) is 25.7 Å². The van der Waals surface area contributed by atoms with Crippen molar-refractivity contribution in [3.05, 3.63) is 12.2 Å². The van der Waals surface area contributed by atoms with Crippen LogP contribution < -0.4 is 0 Å². The lowest BCUT2D eigenvalue weighted by atomic mass is 10.1. The second-order valence-electron chi connectivity index (χ2n) is 3.97. The molecule has 2 heteroatoms. The van der Waals surface area contributed by atoms with E-state index >= 15 is 0 Å². The quantitative estimate of drug-likeness (QED) is 0.439. The van der Waals surface area contributed by atoms with Crippen molar-refractivity contribution in [1.82, 2.24) is 0 Å². The topological polar surface area (TPSA) is 26.3 Å². The lowest BCUT2D eigenvalue weighted by Crippen LogP contribution is -2.14. The molecule has 14 heavy (non-hydrogen) atoms. The first-order chi connectivity index (χ1) is 6.79. The summed E-state index contributed by atoms with van der Waals surface area (Å²) in [6.07, 6.45) is 11.6. The first-order valence-electron chi connectivity index (χ1n) is 5.63. The van der Waals surface area contributed by atoms with Crippen LogP contribution in [0.5, 0.6) is 0 Å². The zero-order chi connectivity index (χ0) is 10.2. The van der Waals surface area contributed by atoms with Crippen molar-refractivity contribution in [1.29, 1.82) is 0 Å². The Morgan fingerprint density at radius 2 is 2.00 bits per heavy atom. The van der Waals surface area contributed by atoms with Crippen molar-refractivity contribution < 1.29 is 9.53 Å². The van der Waals surface area contributed by atoms with Crippen LogP contribution in [-0.2, 0) is 9.53 Å². The summed E-state index contributed by atoms with van der Waals surface area (Å²) < 4.78 is 5.23. The molecule has 80 valence electrons. The minimum atomic E-state index is -0.0886. The van der Waals surface area contributed by atoms with Gasteiger partial charge in [0.1, 0.15) is 0 Å². The molecule has 0 saturated carbocycles. The summed E-state index contributed by atoms with van der Waals surface area (Å²) in [7, 11) is 0. The van der Waals surface area contributed by atoms with Gasteiger partial charge in [-0.1, -0.05) is 25.0 Å². The van der Waals surface area contributed by atoms with Gasteiger partial charge in [-0.15, -0.1) is 0 Å². The third-order valence-electron chi connectivity index (χ3n) is 2.52. The van der Waals surface area contributed by atoms with E-state index in [1.54, 1.807) is 0 Å². The molecule has 0 N–H and O–H groups in total. The minimum absolute atomic E-state index is 0.0886. The van der Waals surface area contributed by atoms with Gasteiger partial charge >= 0.3 is 5.97 Å². The zero-order valence-corrected chi connectivity index (χ0v) is 9.00. The second kappa shape index (κ2) is 6.63. The molecule has 0 amide bonds. The summed E-state index contributed by atoms with van der Waals surface area (Å²) in [6, 6.07) is 0. The third-order valence-corrected chi connectivity index (χ3v) is 2.52. The van der Waals surface area contributed by atoms with Crippen molar-refractivity contribution >= 4 is 5.97 Å². The van der Waals surface area contributed by atoms with Crippen molar-refractivity contribution in [2.75, 3.05) is 0 Å². The normalized spacial score (nSPS) is 28.4. The van der Waals surface area contributed by atoms with Crippen LogP contribution in [0.25, 0.3) is 0 Å². The molecule has 0 fully saturated rings. The Balaban J connectivity index is 2.36. The molecule has 1 aliphatic heterocycles. The van der Waals surface area contributed by atoms with Crippen molar-refractivity contribution in [3.63, 3.8) is 0 Å². The van der Waals surface area contributed by atoms with E-state index in [1.807, 2.05) is 13.0 Å². The average molecular weight is 196 g/mol. The van der Waals surface area contributed by atoms with Crippen LogP contribution in [0.15, 0.2) is 12.2 Å². The van der Waals surface area contributed by atoms with Crippen LogP contribution in [0, 0.1) is 0 Å². The van der Waals surface area contributed by atoms with E-state index in [2.05, 4.69) is 6.08 Å². The van der Waals surface area contributed by atoms with Gasteiger partial charge in [0.15, 0.2) is 0 Å². The molecule has 0 spiro atoms. The number of cyclic esters (lactones) is 1. The Hall–Kier alpha value is -0.790. The summed E-state index contributed by atoms with van der Waals surface area (Å²) in [5.74, 6) is -0.0886. The molecule has 1 unspecified atom stereocenters. The lowest BCUT2D eigenvalue weighted by Gasteiger charge is -2.12. The maximum atomic E-state index is 11.2. The largest absolute Gasteiger partial charge is 0.462 e. The molecule has 1 atom stereocenters. The van der Waals surface area contributed by atoms with E-state index in [4.69, 9.17) is 4.74 Å². The van der Waals surface area contributed by atoms with Gasteiger partial charge < -0.3 is 4.74 Å². The Bertz CT molecular complexity index is 196. The van der Waals surface area contributed by atoms with Crippen LogP contribution in [0.4, 0.5) is 0 Å². The van der Waals surface area contributed by atoms with Crippen LogP contribution in [0.1, 0.15) is 51.9 Å². The fourth-order valence-corrected chi connectivity index (χ4v) is 1.68. The molecule has 1 rings (SSSR count). The van der Waals surface area contributed by atoms with Gasteiger partial charge in [-0.3, -0.25) is 4.79 Å². The van der Waals surface area contributed by atoms with Gasteiger partial charge in [-0.2, -0.15) is 0 Å². The molecule has 0 radical (unpaired) electrons. The van der Waals surface area contributed by atoms with E-state index in [9.17, 15) is 4.79 Å². The van der Waals surface area contributed by atoms with Crippen LogP contribution in [-0.4, -0.2) is 12.1 Å².